The van der Waals surface area contributed by atoms with Gasteiger partial charge in [-0.05, 0) is 55.7 Å². The Hall–Kier alpha value is -3.42. The number of anilines is 3. The van der Waals surface area contributed by atoms with Gasteiger partial charge in [0.1, 0.15) is 5.84 Å². The lowest BCUT2D eigenvalue weighted by atomic mass is 10.1. The van der Waals surface area contributed by atoms with Gasteiger partial charge in [-0.1, -0.05) is 12.1 Å². The molecule has 0 spiro atoms. The maximum atomic E-state index is 13.4. The number of carbonyl (C=O) groups excluding carboxylic acids is 1. The summed E-state index contributed by atoms with van der Waals surface area (Å²) in [6, 6.07) is 11.2. The average molecular weight is 427 g/mol. The first-order chi connectivity index (χ1) is 14.7. The number of benzene rings is 2. The van der Waals surface area contributed by atoms with Gasteiger partial charge in [-0.3, -0.25) is 10.2 Å². The van der Waals surface area contributed by atoms with Crippen molar-refractivity contribution in [3.63, 3.8) is 0 Å². The molecule has 2 aromatic rings. The third-order valence-corrected chi connectivity index (χ3v) is 5.12. The molecule has 1 saturated heterocycles. The molecular formula is C23H27F2N5O. The molecule has 0 radical (unpaired) electrons. The topological polar surface area (TPSA) is 94.2 Å². The molecule has 8 heteroatoms. The summed E-state index contributed by atoms with van der Waals surface area (Å²) in [6.45, 7) is 2.72. The average Bonchev–Trinajstić information content (AvgIpc) is 2.74. The fraction of sp³-hybridized carbons (Fsp3) is 0.304. The van der Waals surface area contributed by atoms with E-state index in [2.05, 4.69) is 15.5 Å². The summed E-state index contributed by atoms with van der Waals surface area (Å²) in [6.07, 6.45) is 6.18. The summed E-state index contributed by atoms with van der Waals surface area (Å²) in [5.74, 6) is -3.57. The van der Waals surface area contributed by atoms with Gasteiger partial charge in [-0.15, -0.1) is 0 Å². The maximum absolute atomic E-state index is 13.4. The number of rotatable bonds is 6. The summed E-state index contributed by atoms with van der Waals surface area (Å²) < 4.78 is 26.9. The lowest BCUT2D eigenvalue weighted by Gasteiger charge is -2.29. The van der Waals surface area contributed by atoms with Gasteiger partial charge in [-0.2, -0.15) is 0 Å². The molecule has 6 nitrogen and oxygen atoms in total. The number of amides is 1. The lowest BCUT2D eigenvalue weighted by molar-refractivity contribution is 0.0175. The van der Waals surface area contributed by atoms with E-state index in [1.165, 1.54) is 36.9 Å². The van der Waals surface area contributed by atoms with E-state index in [-0.39, 0.29) is 11.4 Å². The second-order valence-electron chi connectivity index (χ2n) is 7.63. The summed E-state index contributed by atoms with van der Waals surface area (Å²) >= 11 is 0. The zero-order valence-corrected chi connectivity index (χ0v) is 17.4. The minimum atomic E-state index is -2.94. The molecule has 31 heavy (non-hydrogen) atoms. The molecule has 164 valence electrons. The summed E-state index contributed by atoms with van der Waals surface area (Å²) in [7, 11) is 0. The fourth-order valence-electron chi connectivity index (χ4n) is 3.42. The minimum absolute atomic E-state index is 0.113. The SMILES string of the molecule is CC(F)(F)c1cccc(N/C=C\C(=N)NC(=O)c2cc(N3CCCCC3)ccc2N)c1. The van der Waals surface area contributed by atoms with Crippen LogP contribution >= 0.6 is 0 Å². The highest BCUT2D eigenvalue weighted by Gasteiger charge is 2.24. The predicted octanol–water partition coefficient (Wildman–Crippen LogP) is 4.70. The van der Waals surface area contributed by atoms with Crippen molar-refractivity contribution in [3.8, 4) is 0 Å². The van der Waals surface area contributed by atoms with Crippen LogP contribution in [0.15, 0.2) is 54.7 Å². The van der Waals surface area contributed by atoms with Gasteiger partial charge < -0.3 is 21.3 Å². The van der Waals surface area contributed by atoms with E-state index in [0.717, 1.165) is 38.5 Å². The number of nitrogens with one attached hydrogen (secondary N) is 3. The van der Waals surface area contributed by atoms with Crippen LogP contribution in [0.5, 0.6) is 0 Å². The van der Waals surface area contributed by atoms with Crippen LogP contribution in [0.3, 0.4) is 0 Å². The number of carbonyl (C=O) groups is 1. The fourth-order valence-corrected chi connectivity index (χ4v) is 3.42. The van der Waals surface area contributed by atoms with Crippen LogP contribution in [-0.2, 0) is 5.92 Å². The van der Waals surface area contributed by atoms with E-state index >= 15 is 0 Å². The molecule has 1 amide bonds. The largest absolute Gasteiger partial charge is 0.398 e. The first kappa shape index (κ1) is 22.3. The Balaban J connectivity index is 1.61. The Morgan fingerprint density at radius 3 is 2.61 bits per heavy atom. The summed E-state index contributed by atoms with van der Waals surface area (Å²) in [4.78, 5) is 14.8. The van der Waals surface area contributed by atoms with Gasteiger partial charge in [0, 0.05) is 48.8 Å². The minimum Gasteiger partial charge on any atom is -0.398 e. The van der Waals surface area contributed by atoms with E-state index in [1.807, 2.05) is 6.07 Å². The number of amidine groups is 1. The summed E-state index contributed by atoms with van der Waals surface area (Å²) in [5.41, 5.74) is 7.91. The van der Waals surface area contributed by atoms with Crippen LogP contribution in [0.2, 0.25) is 0 Å². The van der Waals surface area contributed by atoms with Gasteiger partial charge in [0.2, 0.25) is 0 Å². The Labute approximate surface area is 180 Å². The van der Waals surface area contributed by atoms with E-state index in [9.17, 15) is 13.6 Å². The van der Waals surface area contributed by atoms with Crippen molar-refractivity contribution in [2.24, 2.45) is 0 Å². The van der Waals surface area contributed by atoms with Crippen LogP contribution in [0.1, 0.15) is 42.1 Å². The molecule has 1 aliphatic rings. The molecule has 1 aliphatic heterocycles. The van der Waals surface area contributed by atoms with Crippen molar-refractivity contribution in [2.45, 2.75) is 32.1 Å². The highest BCUT2D eigenvalue weighted by molar-refractivity contribution is 6.11. The number of nitrogens with two attached hydrogens (primary N) is 1. The van der Waals surface area contributed by atoms with Gasteiger partial charge in [0.05, 0.1) is 5.56 Å². The van der Waals surface area contributed by atoms with Crippen molar-refractivity contribution in [3.05, 3.63) is 65.9 Å². The zero-order valence-electron chi connectivity index (χ0n) is 17.4. The van der Waals surface area contributed by atoms with Crippen LogP contribution in [0, 0.1) is 5.41 Å². The number of halogens is 2. The summed E-state index contributed by atoms with van der Waals surface area (Å²) in [5, 5.41) is 13.3. The van der Waals surface area contributed by atoms with Crippen LogP contribution < -0.4 is 21.3 Å². The van der Waals surface area contributed by atoms with Crippen molar-refractivity contribution in [1.82, 2.24) is 5.32 Å². The van der Waals surface area contributed by atoms with Crippen molar-refractivity contribution < 1.29 is 13.6 Å². The predicted molar refractivity (Wildman–Crippen MR) is 121 cm³/mol. The van der Waals surface area contributed by atoms with Crippen molar-refractivity contribution >= 4 is 28.8 Å². The number of hydrogen-bond acceptors (Lipinski definition) is 5. The van der Waals surface area contributed by atoms with Gasteiger partial charge in [0.25, 0.3) is 11.8 Å². The van der Waals surface area contributed by atoms with E-state index in [4.69, 9.17) is 11.1 Å². The lowest BCUT2D eigenvalue weighted by Crippen LogP contribution is -2.31. The Morgan fingerprint density at radius 2 is 1.90 bits per heavy atom. The zero-order chi connectivity index (χ0) is 22.4. The third-order valence-electron chi connectivity index (χ3n) is 5.12. The Kier molecular flexibility index (Phi) is 6.89. The highest BCUT2D eigenvalue weighted by atomic mass is 19.3. The highest BCUT2D eigenvalue weighted by Crippen LogP contribution is 2.28. The molecule has 0 bridgehead atoms. The first-order valence-electron chi connectivity index (χ1n) is 10.2. The first-order valence-corrected chi connectivity index (χ1v) is 10.2. The normalized spacial score (nSPS) is 14.5. The molecule has 0 aliphatic carbocycles. The Morgan fingerprint density at radius 1 is 1.16 bits per heavy atom. The van der Waals surface area contributed by atoms with Crippen LogP contribution in [0.4, 0.5) is 25.8 Å². The molecule has 1 fully saturated rings. The van der Waals surface area contributed by atoms with Crippen LogP contribution in [-0.4, -0.2) is 24.8 Å². The maximum Gasteiger partial charge on any atom is 0.270 e. The molecule has 2 aromatic carbocycles. The molecule has 5 N–H and O–H groups in total. The van der Waals surface area contributed by atoms with Crippen LogP contribution in [0.25, 0.3) is 0 Å². The second-order valence-corrected chi connectivity index (χ2v) is 7.63. The number of nitrogen functional groups attached to an aromatic ring is 1. The quantitative estimate of drug-likeness (QED) is 0.305. The third kappa shape index (κ3) is 6.04. The van der Waals surface area contributed by atoms with E-state index < -0.39 is 11.8 Å². The van der Waals surface area contributed by atoms with E-state index in [1.54, 1.807) is 18.2 Å². The molecular weight excluding hydrogens is 400 g/mol. The van der Waals surface area contributed by atoms with E-state index in [0.29, 0.717) is 16.9 Å². The number of hydrogen-bond donors (Lipinski definition) is 4. The van der Waals surface area contributed by atoms with Gasteiger partial charge in [0.15, 0.2) is 0 Å². The molecule has 0 atom stereocenters. The number of nitrogens with zero attached hydrogens (tertiary/aromatic N) is 1. The smallest absolute Gasteiger partial charge is 0.270 e. The van der Waals surface area contributed by atoms with Crippen molar-refractivity contribution in [2.75, 3.05) is 29.0 Å². The molecule has 0 unspecified atom stereocenters. The second kappa shape index (κ2) is 9.59. The molecule has 0 aromatic heterocycles. The van der Waals surface area contributed by atoms with Crippen molar-refractivity contribution in [1.29, 1.82) is 5.41 Å². The standard InChI is InChI=1S/C23H27F2N5O/c1-23(24,25)16-6-5-7-17(14-16)28-11-10-21(27)29-22(31)19-15-18(8-9-20(19)26)30-12-3-2-4-13-30/h5-11,14-15,28H,2-4,12-13,26H2,1H3,(H2,27,29,31)/b11-10-. The number of piperidine rings is 1. The molecule has 3 rings (SSSR count). The van der Waals surface area contributed by atoms with Gasteiger partial charge in [-0.25, -0.2) is 8.78 Å². The van der Waals surface area contributed by atoms with Gasteiger partial charge >= 0.3 is 0 Å². The monoisotopic (exact) mass is 427 g/mol. The molecule has 0 saturated carbocycles. The molecule has 1 heterocycles. The Bertz CT molecular complexity index is 978. The number of alkyl halides is 2.